The van der Waals surface area contributed by atoms with Gasteiger partial charge in [-0.15, -0.1) is 0 Å². The summed E-state index contributed by atoms with van der Waals surface area (Å²) < 4.78 is 41.0. The summed E-state index contributed by atoms with van der Waals surface area (Å²) >= 11 is 0. The Morgan fingerprint density at radius 1 is 1.05 bits per heavy atom. The summed E-state index contributed by atoms with van der Waals surface area (Å²) in [6.07, 6.45) is 3.07. The molecule has 1 saturated heterocycles. The number of halogens is 3. The minimum atomic E-state index is -4.55. The van der Waals surface area contributed by atoms with Crippen LogP contribution in [0.3, 0.4) is 0 Å². The Morgan fingerprint density at radius 3 is 2.41 bits per heavy atom. The van der Waals surface area contributed by atoms with Crippen LogP contribution in [0.1, 0.15) is 40.5 Å². The molecule has 0 spiro atoms. The van der Waals surface area contributed by atoms with Gasteiger partial charge in [-0.05, 0) is 55.0 Å². The molecule has 2 atom stereocenters. The predicted octanol–water partition coefficient (Wildman–Crippen LogP) is 4.78. The number of nitrogen functional groups attached to an aromatic ring is 1. The molecule has 2 fully saturated rings. The first-order valence-corrected chi connectivity index (χ1v) is 13.1. The number of fused-ring (bicyclic) bond motifs is 2. The summed E-state index contributed by atoms with van der Waals surface area (Å²) in [6.45, 7) is 5.02. The quantitative estimate of drug-likeness (QED) is 0.339. The van der Waals surface area contributed by atoms with Crippen molar-refractivity contribution in [2.45, 2.75) is 24.9 Å². The van der Waals surface area contributed by atoms with Crippen LogP contribution in [0.15, 0.2) is 67.6 Å². The van der Waals surface area contributed by atoms with Crippen molar-refractivity contribution in [2.75, 3.05) is 24.1 Å². The van der Waals surface area contributed by atoms with Crippen LogP contribution < -0.4 is 11.1 Å². The second-order valence-electron chi connectivity index (χ2n) is 10.4. The second kappa shape index (κ2) is 10.0. The molecule has 9 nitrogen and oxygen atoms in total. The Kier molecular flexibility index (Phi) is 6.47. The molecule has 2 amide bonds. The first kappa shape index (κ1) is 26.5. The monoisotopic (exact) mass is 561 g/mol. The molecule has 4 aromatic rings. The Balaban J connectivity index is 1.24. The van der Waals surface area contributed by atoms with Crippen LogP contribution in [-0.4, -0.2) is 49.2 Å². The van der Waals surface area contributed by atoms with Crippen LogP contribution in [-0.2, 0) is 11.0 Å². The van der Waals surface area contributed by atoms with E-state index in [2.05, 4.69) is 21.9 Å². The number of alkyl halides is 3. The Hall–Kier alpha value is -4.74. The van der Waals surface area contributed by atoms with Gasteiger partial charge in [-0.3, -0.25) is 14.0 Å². The van der Waals surface area contributed by atoms with E-state index in [0.717, 1.165) is 37.0 Å². The summed E-state index contributed by atoms with van der Waals surface area (Å²) in [5.74, 6) is 1.32. The highest BCUT2D eigenvalue weighted by molar-refractivity contribution is 6.04. The maximum absolute atomic E-state index is 13.0. The average molecular weight is 562 g/mol. The molecular weight excluding hydrogens is 535 g/mol. The standard InChI is InChI=1S/C29H26F3N7O2/c1-2-23(40)38-14-19-11-18(12-20(19)15-38)27-37-24(25-26(33)35-9-10-39(25)27)16-3-5-17(6-4-16)28(41)36-22-13-21(7-8-34-22)29(30,31)32/h2-10,13,18-20H,1,11-12,14-15H2,(H2,33,35)(H,34,36,41). The molecule has 6 rings (SSSR count). The lowest BCUT2D eigenvalue weighted by molar-refractivity contribution is -0.137. The number of pyridine rings is 1. The summed E-state index contributed by atoms with van der Waals surface area (Å²) in [6, 6.07) is 8.20. The maximum atomic E-state index is 13.0. The first-order valence-electron chi connectivity index (χ1n) is 13.1. The molecule has 0 radical (unpaired) electrons. The number of imidazole rings is 1. The third-order valence-electron chi connectivity index (χ3n) is 7.96. The Morgan fingerprint density at radius 2 is 1.76 bits per heavy atom. The SMILES string of the molecule is C=CC(=O)N1CC2CC(c3nc(-c4ccc(C(=O)Nc5cc(C(F)(F)F)ccn5)cc4)c4c(N)nccn34)CC2C1. The molecule has 210 valence electrons. The molecule has 1 saturated carbocycles. The number of hydrogen-bond acceptors (Lipinski definition) is 6. The van der Waals surface area contributed by atoms with E-state index in [-0.39, 0.29) is 23.2 Å². The third-order valence-corrected chi connectivity index (χ3v) is 7.96. The van der Waals surface area contributed by atoms with Crippen LogP contribution in [0.25, 0.3) is 16.8 Å². The summed E-state index contributed by atoms with van der Waals surface area (Å²) in [4.78, 5) is 39.7. The fraction of sp³-hybridized carbons (Fsp3) is 0.276. The lowest BCUT2D eigenvalue weighted by atomic mass is 10.0. The second-order valence-corrected chi connectivity index (χ2v) is 10.4. The van der Waals surface area contributed by atoms with Crippen LogP contribution >= 0.6 is 0 Å². The number of amides is 2. The van der Waals surface area contributed by atoms with Crippen molar-refractivity contribution in [2.24, 2.45) is 11.8 Å². The lowest BCUT2D eigenvalue weighted by Gasteiger charge is -2.17. The van der Waals surface area contributed by atoms with Gasteiger partial charge in [-0.2, -0.15) is 13.2 Å². The number of anilines is 2. The smallest absolute Gasteiger partial charge is 0.382 e. The van der Waals surface area contributed by atoms with E-state index in [0.29, 0.717) is 47.5 Å². The molecule has 4 heterocycles. The minimum Gasteiger partial charge on any atom is -0.382 e. The molecule has 41 heavy (non-hydrogen) atoms. The summed E-state index contributed by atoms with van der Waals surface area (Å²) in [5, 5.41) is 2.41. The molecule has 12 heteroatoms. The number of benzene rings is 1. The molecule has 0 bridgehead atoms. The van der Waals surface area contributed by atoms with Gasteiger partial charge in [0.15, 0.2) is 0 Å². The van der Waals surface area contributed by atoms with E-state index in [1.54, 1.807) is 30.5 Å². The summed E-state index contributed by atoms with van der Waals surface area (Å²) in [7, 11) is 0. The van der Waals surface area contributed by atoms with Gasteiger partial charge < -0.3 is 16.0 Å². The molecule has 3 N–H and O–H groups in total. The number of hydrogen-bond donors (Lipinski definition) is 2. The number of nitrogens with two attached hydrogens (primary N) is 1. The highest BCUT2D eigenvalue weighted by Gasteiger charge is 2.43. The van der Waals surface area contributed by atoms with Crippen molar-refractivity contribution < 1.29 is 22.8 Å². The van der Waals surface area contributed by atoms with E-state index >= 15 is 0 Å². The van der Waals surface area contributed by atoms with Crippen molar-refractivity contribution in [3.63, 3.8) is 0 Å². The third kappa shape index (κ3) is 4.90. The van der Waals surface area contributed by atoms with Crippen molar-refractivity contribution in [1.29, 1.82) is 0 Å². The molecular formula is C29H26F3N7O2. The predicted molar refractivity (Wildman–Crippen MR) is 146 cm³/mol. The zero-order chi connectivity index (χ0) is 28.9. The largest absolute Gasteiger partial charge is 0.416 e. The van der Waals surface area contributed by atoms with Crippen LogP contribution in [0, 0.1) is 11.8 Å². The molecule has 2 unspecified atom stereocenters. The number of nitrogens with one attached hydrogen (secondary N) is 1. The lowest BCUT2D eigenvalue weighted by Crippen LogP contribution is -2.28. The van der Waals surface area contributed by atoms with Crippen LogP contribution in [0.2, 0.25) is 0 Å². The van der Waals surface area contributed by atoms with E-state index in [4.69, 9.17) is 10.7 Å². The zero-order valence-electron chi connectivity index (χ0n) is 21.8. The Labute approximate surface area is 232 Å². The summed E-state index contributed by atoms with van der Waals surface area (Å²) in [5.41, 5.74) is 7.63. The minimum absolute atomic E-state index is 0.0356. The molecule has 1 aromatic carbocycles. The number of rotatable bonds is 5. The van der Waals surface area contributed by atoms with E-state index < -0.39 is 17.6 Å². The van der Waals surface area contributed by atoms with Gasteiger partial charge in [-0.1, -0.05) is 18.7 Å². The Bertz CT molecular complexity index is 1650. The van der Waals surface area contributed by atoms with E-state index in [1.807, 2.05) is 15.5 Å². The highest BCUT2D eigenvalue weighted by Crippen LogP contribution is 2.47. The van der Waals surface area contributed by atoms with Crippen molar-refractivity contribution >= 4 is 29.0 Å². The van der Waals surface area contributed by atoms with Crippen LogP contribution in [0.4, 0.5) is 24.8 Å². The molecule has 1 aliphatic heterocycles. The molecule has 2 aliphatic rings. The van der Waals surface area contributed by atoms with Gasteiger partial charge in [0.05, 0.1) is 5.56 Å². The number of nitrogens with zero attached hydrogens (tertiary/aromatic N) is 5. The molecule has 3 aromatic heterocycles. The van der Waals surface area contributed by atoms with Gasteiger partial charge >= 0.3 is 6.18 Å². The zero-order valence-corrected chi connectivity index (χ0v) is 21.8. The highest BCUT2D eigenvalue weighted by atomic mass is 19.4. The number of likely N-dealkylation sites (tertiary alicyclic amines) is 1. The number of aromatic nitrogens is 4. The fourth-order valence-electron chi connectivity index (χ4n) is 6.04. The van der Waals surface area contributed by atoms with E-state index in [1.165, 1.54) is 6.08 Å². The number of carbonyl (C=O) groups excluding carboxylic acids is 2. The van der Waals surface area contributed by atoms with Crippen molar-refractivity contribution in [1.82, 2.24) is 24.3 Å². The topological polar surface area (TPSA) is 119 Å². The van der Waals surface area contributed by atoms with Crippen LogP contribution in [0.5, 0.6) is 0 Å². The average Bonchev–Trinajstić information content (AvgIpc) is 3.65. The van der Waals surface area contributed by atoms with Crippen molar-refractivity contribution in [3.05, 3.63) is 84.6 Å². The van der Waals surface area contributed by atoms with Gasteiger partial charge in [0.1, 0.15) is 28.7 Å². The normalized spacial score (nSPS) is 20.3. The maximum Gasteiger partial charge on any atom is 0.416 e. The first-order chi connectivity index (χ1) is 19.6. The van der Waals surface area contributed by atoms with Crippen molar-refractivity contribution in [3.8, 4) is 11.3 Å². The van der Waals surface area contributed by atoms with Gasteiger partial charge in [0.2, 0.25) is 5.91 Å². The number of carbonyl (C=O) groups is 2. The van der Waals surface area contributed by atoms with Gasteiger partial charge in [0.25, 0.3) is 5.91 Å². The van der Waals surface area contributed by atoms with Gasteiger partial charge in [-0.25, -0.2) is 15.0 Å². The fourth-order valence-corrected chi connectivity index (χ4v) is 6.04. The molecule has 1 aliphatic carbocycles. The van der Waals surface area contributed by atoms with E-state index in [9.17, 15) is 22.8 Å². The van der Waals surface area contributed by atoms with Gasteiger partial charge in [0, 0.05) is 48.7 Å².